The highest BCUT2D eigenvalue weighted by molar-refractivity contribution is 6.20. The summed E-state index contributed by atoms with van der Waals surface area (Å²) in [6, 6.07) is 9.51. The summed E-state index contributed by atoms with van der Waals surface area (Å²) in [7, 11) is 0. The second kappa shape index (κ2) is 4.29. The van der Waals surface area contributed by atoms with E-state index in [2.05, 4.69) is 4.98 Å². The molecule has 1 unspecified atom stereocenters. The van der Waals surface area contributed by atoms with E-state index in [1.54, 1.807) is 12.5 Å². The Bertz CT molecular complexity index is 371. The van der Waals surface area contributed by atoms with Crippen LogP contribution in [0.4, 0.5) is 0 Å². The first-order valence-corrected chi connectivity index (χ1v) is 4.87. The molecule has 72 valence electrons. The van der Waals surface area contributed by atoms with Gasteiger partial charge >= 0.3 is 0 Å². The Balaban J connectivity index is 2.06. The average molecular weight is 208 g/mol. The van der Waals surface area contributed by atoms with Crippen molar-refractivity contribution in [3.05, 3.63) is 54.2 Å². The van der Waals surface area contributed by atoms with E-state index in [0.717, 1.165) is 11.5 Å². The van der Waals surface area contributed by atoms with Crippen LogP contribution < -0.4 is 0 Å². The quantitative estimate of drug-likeness (QED) is 0.723. The summed E-state index contributed by atoms with van der Waals surface area (Å²) < 4.78 is 5.21. The Morgan fingerprint density at radius 1 is 1.29 bits per heavy atom. The number of alkyl halides is 1. The van der Waals surface area contributed by atoms with Gasteiger partial charge < -0.3 is 4.42 Å². The molecule has 2 aromatic heterocycles. The predicted octanol–water partition coefficient (Wildman–Crippen LogP) is 3.20. The molecule has 0 N–H and O–H groups in total. The van der Waals surface area contributed by atoms with Gasteiger partial charge in [0.15, 0.2) is 0 Å². The average Bonchev–Trinajstić information content (AvgIpc) is 2.72. The first-order chi connectivity index (χ1) is 6.86. The van der Waals surface area contributed by atoms with Gasteiger partial charge in [0.1, 0.15) is 5.76 Å². The minimum atomic E-state index is -0.139. The van der Waals surface area contributed by atoms with Gasteiger partial charge in [-0.1, -0.05) is 6.07 Å². The van der Waals surface area contributed by atoms with Gasteiger partial charge in [-0.3, -0.25) is 4.98 Å². The lowest BCUT2D eigenvalue weighted by molar-refractivity contribution is 0.501. The van der Waals surface area contributed by atoms with Crippen molar-refractivity contribution in [2.45, 2.75) is 11.8 Å². The monoisotopic (exact) mass is 207 g/mol. The smallest absolute Gasteiger partial charge is 0.122 e. The maximum atomic E-state index is 6.15. The fourth-order valence-corrected chi connectivity index (χ4v) is 1.55. The highest BCUT2D eigenvalue weighted by Crippen LogP contribution is 2.24. The van der Waals surface area contributed by atoms with E-state index in [4.69, 9.17) is 16.0 Å². The molecule has 0 amide bonds. The zero-order chi connectivity index (χ0) is 9.80. The molecule has 14 heavy (non-hydrogen) atoms. The molecule has 0 aliphatic rings. The largest absolute Gasteiger partial charge is 0.468 e. The highest BCUT2D eigenvalue weighted by atomic mass is 35.5. The van der Waals surface area contributed by atoms with Gasteiger partial charge in [-0.2, -0.15) is 0 Å². The first-order valence-electron chi connectivity index (χ1n) is 4.43. The van der Waals surface area contributed by atoms with Gasteiger partial charge in [0, 0.05) is 18.3 Å². The van der Waals surface area contributed by atoms with Gasteiger partial charge in [-0.15, -0.1) is 11.6 Å². The zero-order valence-corrected chi connectivity index (χ0v) is 8.32. The topological polar surface area (TPSA) is 26.0 Å². The minimum absolute atomic E-state index is 0.139. The van der Waals surface area contributed by atoms with E-state index in [0.29, 0.717) is 6.42 Å². The third-order valence-corrected chi connectivity index (χ3v) is 2.34. The molecule has 0 fully saturated rings. The molecule has 0 aromatic carbocycles. The van der Waals surface area contributed by atoms with Crippen LogP contribution >= 0.6 is 11.6 Å². The molecule has 0 bridgehead atoms. The fourth-order valence-electron chi connectivity index (χ4n) is 1.27. The Kier molecular flexibility index (Phi) is 2.84. The Morgan fingerprint density at radius 2 is 2.21 bits per heavy atom. The lowest BCUT2D eigenvalue weighted by Gasteiger charge is -2.04. The summed E-state index contributed by atoms with van der Waals surface area (Å²) in [6.45, 7) is 0. The molecule has 2 aromatic rings. The van der Waals surface area contributed by atoms with Crippen LogP contribution in [-0.2, 0) is 6.42 Å². The fraction of sp³-hybridized carbons (Fsp3) is 0.182. The third kappa shape index (κ3) is 2.15. The van der Waals surface area contributed by atoms with Crippen molar-refractivity contribution >= 4 is 11.6 Å². The number of aromatic nitrogens is 1. The van der Waals surface area contributed by atoms with Gasteiger partial charge in [-0.05, 0) is 24.3 Å². The van der Waals surface area contributed by atoms with E-state index in [-0.39, 0.29) is 5.38 Å². The van der Waals surface area contributed by atoms with Crippen LogP contribution in [-0.4, -0.2) is 4.98 Å². The summed E-state index contributed by atoms with van der Waals surface area (Å²) in [6.07, 6.45) is 4.08. The molecule has 0 saturated carbocycles. The van der Waals surface area contributed by atoms with E-state index >= 15 is 0 Å². The van der Waals surface area contributed by atoms with Gasteiger partial charge in [0.25, 0.3) is 0 Å². The summed E-state index contributed by atoms with van der Waals surface area (Å²) in [4.78, 5) is 4.20. The van der Waals surface area contributed by atoms with E-state index in [9.17, 15) is 0 Å². The number of halogens is 1. The normalized spacial score (nSPS) is 12.6. The summed E-state index contributed by atoms with van der Waals surface area (Å²) in [5, 5.41) is -0.139. The number of rotatable bonds is 3. The number of hydrogen-bond acceptors (Lipinski definition) is 2. The number of pyridine rings is 1. The number of furan rings is 1. The van der Waals surface area contributed by atoms with Crippen LogP contribution in [0, 0.1) is 0 Å². The summed E-state index contributed by atoms with van der Waals surface area (Å²) in [5.74, 6) is 0.789. The highest BCUT2D eigenvalue weighted by Gasteiger charge is 2.11. The second-order valence-electron chi connectivity index (χ2n) is 3.01. The molecular weight excluding hydrogens is 198 g/mol. The lowest BCUT2D eigenvalue weighted by Crippen LogP contribution is -1.96. The molecule has 0 saturated heterocycles. The molecular formula is C11H10ClNO. The zero-order valence-electron chi connectivity index (χ0n) is 7.56. The molecule has 0 radical (unpaired) electrons. The van der Waals surface area contributed by atoms with Gasteiger partial charge in [-0.25, -0.2) is 0 Å². The van der Waals surface area contributed by atoms with Crippen molar-refractivity contribution in [3.8, 4) is 0 Å². The minimum Gasteiger partial charge on any atom is -0.468 e. The number of hydrogen-bond donors (Lipinski definition) is 0. The van der Waals surface area contributed by atoms with Crippen LogP contribution in [0.25, 0.3) is 0 Å². The van der Waals surface area contributed by atoms with Crippen LogP contribution in [0.2, 0.25) is 0 Å². The van der Waals surface area contributed by atoms with Crippen LogP contribution in [0.5, 0.6) is 0 Å². The number of nitrogens with zero attached hydrogens (tertiary/aromatic N) is 1. The van der Waals surface area contributed by atoms with Crippen molar-refractivity contribution in [1.82, 2.24) is 4.98 Å². The molecule has 2 heterocycles. The Labute approximate surface area is 87.5 Å². The molecule has 0 spiro atoms. The lowest BCUT2D eigenvalue weighted by atomic mass is 10.2. The molecule has 0 aliphatic heterocycles. The SMILES string of the molecule is ClC(Cc1ccccn1)c1ccco1. The summed E-state index contributed by atoms with van der Waals surface area (Å²) >= 11 is 6.15. The van der Waals surface area contributed by atoms with E-state index < -0.39 is 0 Å². The van der Waals surface area contributed by atoms with Gasteiger partial charge in [0.2, 0.25) is 0 Å². The standard InChI is InChI=1S/C11H10ClNO/c12-10(11-5-3-7-14-11)8-9-4-1-2-6-13-9/h1-7,10H,8H2. The van der Waals surface area contributed by atoms with Crippen molar-refractivity contribution in [2.24, 2.45) is 0 Å². The molecule has 2 nitrogen and oxygen atoms in total. The van der Waals surface area contributed by atoms with Gasteiger partial charge in [0.05, 0.1) is 11.6 Å². The van der Waals surface area contributed by atoms with Crippen molar-refractivity contribution in [2.75, 3.05) is 0 Å². The predicted molar refractivity (Wildman–Crippen MR) is 55.2 cm³/mol. The Morgan fingerprint density at radius 3 is 2.86 bits per heavy atom. The van der Waals surface area contributed by atoms with Crippen LogP contribution in [0.3, 0.4) is 0 Å². The second-order valence-corrected chi connectivity index (χ2v) is 3.53. The first kappa shape index (κ1) is 9.28. The molecule has 1 atom stereocenters. The van der Waals surface area contributed by atoms with Crippen molar-refractivity contribution in [1.29, 1.82) is 0 Å². The van der Waals surface area contributed by atoms with E-state index in [1.165, 1.54) is 0 Å². The van der Waals surface area contributed by atoms with Crippen molar-refractivity contribution < 1.29 is 4.42 Å². The molecule has 3 heteroatoms. The Hall–Kier alpha value is -1.28. The summed E-state index contributed by atoms with van der Waals surface area (Å²) in [5.41, 5.74) is 0.976. The maximum Gasteiger partial charge on any atom is 0.122 e. The third-order valence-electron chi connectivity index (χ3n) is 1.97. The van der Waals surface area contributed by atoms with Crippen LogP contribution in [0.15, 0.2) is 47.2 Å². The molecule has 0 aliphatic carbocycles. The van der Waals surface area contributed by atoms with E-state index in [1.807, 2.05) is 30.3 Å². The molecule has 2 rings (SSSR count). The maximum absolute atomic E-state index is 6.15. The van der Waals surface area contributed by atoms with Crippen molar-refractivity contribution in [3.63, 3.8) is 0 Å². The van der Waals surface area contributed by atoms with Crippen LogP contribution in [0.1, 0.15) is 16.8 Å².